The van der Waals surface area contributed by atoms with Crippen LogP contribution in [0.2, 0.25) is 0 Å². The second-order valence-corrected chi connectivity index (χ2v) is 2.93. The average Bonchev–Trinajstić information content (AvgIpc) is 2.30. The maximum absolute atomic E-state index is 11.1. The molecular formula is C7H12O6. The quantitative estimate of drug-likeness (QED) is 0.415. The van der Waals surface area contributed by atoms with Gasteiger partial charge in [0.2, 0.25) is 5.60 Å². The van der Waals surface area contributed by atoms with Gasteiger partial charge in [-0.05, 0) is 6.92 Å². The van der Waals surface area contributed by atoms with E-state index in [0.29, 0.717) is 0 Å². The van der Waals surface area contributed by atoms with Crippen molar-refractivity contribution >= 4 is 5.97 Å². The Bertz CT molecular complexity index is 217. The lowest BCUT2D eigenvalue weighted by Gasteiger charge is -2.25. The molecule has 0 aliphatic carbocycles. The van der Waals surface area contributed by atoms with Gasteiger partial charge in [0, 0.05) is 0 Å². The largest absolute Gasteiger partial charge is 0.467 e. The van der Waals surface area contributed by atoms with Gasteiger partial charge in [-0.2, -0.15) is 0 Å². The minimum Gasteiger partial charge on any atom is -0.467 e. The summed E-state index contributed by atoms with van der Waals surface area (Å²) in [5, 5.41) is 27.9. The van der Waals surface area contributed by atoms with E-state index in [4.69, 9.17) is 5.11 Å². The normalized spacial score (nSPS) is 44.8. The van der Waals surface area contributed by atoms with E-state index in [1.807, 2.05) is 0 Å². The van der Waals surface area contributed by atoms with E-state index in [2.05, 4.69) is 9.47 Å². The van der Waals surface area contributed by atoms with Gasteiger partial charge in [0.1, 0.15) is 12.2 Å². The van der Waals surface area contributed by atoms with Gasteiger partial charge < -0.3 is 24.8 Å². The second-order valence-electron chi connectivity index (χ2n) is 2.93. The monoisotopic (exact) mass is 192 g/mol. The van der Waals surface area contributed by atoms with Crippen molar-refractivity contribution in [3.8, 4) is 0 Å². The summed E-state index contributed by atoms with van der Waals surface area (Å²) in [7, 11) is 1.07. The molecule has 0 unspecified atom stereocenters. The molecule has 1 fully saturated rings. The molecular weight excluding hydrogens is 180 g/mol. The summed E-state index contributed by atoms with van der Waals surface area (Å²) in [4.78, 5) is 11.1. The number of aliphatic hydroxyl groups is 3. The van der Waals surface area contributed by atoms with Crippen LogP contribution in [0, 0.1) is 0 Å². The van der Waals surface area contributed by atoms with E-state index in [-0.39, 0.29) is 0 Å². The van der Waals surface area contributed by atoms with E-state index in [9.17, 15) is 15.0 Å². The van der Waals surface area contributed by atoms with Gasteiger partial charge in [0.15, 0.2) is 6.29 Å². The highest BCUT2D eigenvalue weighted by molar-refractivity contribution is 5.81. The molecule has 1 saturated heterocycles. The second kappa shape index (κ2) is 3.22. The summed E-state index contributed by atoms with van der Waals surface area (Å²) in [6, 6.07) is 0. The highest BCUT2D eigenvalue weighted by Crippen LogP contribution is 2.30. The van der Waals surface area contributed by atoms with Crippen LogP contribution in [0.15, 0.2) is 0 Å². The molecule has 4 atom stereocenters. The maximum Gasteiger partial charge on any atom is 0.343 e. The minimum absolute atomic E-state index is 1.01. The van der Waals surface area contributed by atoms with Crippen molar-refractivity contribution in [3.05, 3.63) is 0 Å². The topological polar surface area (TPSA) is 96.2 Å². The molecule has 0 saturated carbocycles. The summed E-state index contributed by atoms with van der Waals surface area (Å²) >= 11 is 0. The third kappa shape index (κ3) is 1.31. The Balaban J connectivity index is 2.93. The number of hydrogen-bond acceptors (Lipinski definition) is 6. The molecule has 0 aromatic rings. The third-order valence-electron chi connectivity index (χ3n) is 2.20. The first-order valence-corrected chi connectivity index (χ1v) is 3.77. The van der Waals surface area contributed by atoms with Gasteiger partial charge in [-0.1, -0.05) is 0 Å². The first-order chi connectivity index (χ1) is 5.94. The van der Waals surface area contributed by atoms with Crippen molar-refractivity contribution in [2.45, 2.75) is 31.0 Å². The summed E-state index contributed by atoms with van der Waals surface area (Å²) in [5.74, 6) is -1.02. The fourth-order valence-electron chi connectivity index (χ4n) is 1.30. The zero-order chi connectivity index (χ0) is 10.2. The van der Waals surface area contributed by atoms with Crippen molar-refractivity contribution in [1.29, 1.82) is 0 Å². The van der Waals surface area contributed by atoms with Crippen LogP contribution in [0.4, 0.5) is 0 Å². The standard InChI is InChI=1S/C7H12O6/c1-3-7(11,6(10)12-2)4(8)5(9)13-3/h3-5,8-9,11H,1-2H3/t3-,4+,5-,7+/m0/s1. The highest BCUT2D eigenvalue weighted by Gasteiger charge is 2.59. The smallest absolute Gasteiger partial charge is 0.343 e. The zero-order valence-corrected chi connectivity index (χ0v) is 7.30. The molecule has 3 N–H and O–H groups in total. The number of aliphatic hydroxyl groups excluding tert-OH is 2. The van der Waals surface area contributed by atoms with Gasteiger partial charge in [-0.15, -0.1) is 0 Å². The Kier molecular flexibility index (Phi) is 2.58. The Hall–Kier alpha value is -0.690. The lowest BCUT2D eigenvalue weighted by atomic mass is 9.94. The van der Waals surface area contributed by atoms with Crippen molar-refractivity contribution in [2.75, 3.05) is 7.11 Å². The number of hydrogen-bond donors (Lipinski definition) is 3. The molecule has 0 radical (unpaired) electrons. The molecule has 0 amide bonds. The van der Waals surface area contributed by atoms with Gasteiger partial charge in [0.05, 0.1) is 7.11 Å². The van der Waals surface area contributed by atoms with E-state index in [0.717, 1.165) is 7.11 Å². The Morgan fingerprint density at radius 1 is 1.54 bits per heavy atom. The molecule has 0 aromatic heterocycles. The van der Waals surface area contributed by atoms with Gasteiger partial charge >= 0.3 is 5.97 Å². The van der Waals surface area contributed by atoms with Crippen LogP contribution in [0.1, 0.15) is 6.92 Å². The van der Waals surface area contributed by atoms with Gasteiger partial charge in [-0.25, -0.2) is 4.79 Å². The number of methoxy groups -OCH3 is 1. The van der Waals surface area contributed by atoms with Crippen molar-refractivity contribution in [1.82, 2.24) is 0 Å². The van der Waals surface area contributed by atoms with Crippen LogP contribution < -0.4 is 0 Å². The van der Waals surface area contributed by atoms with Crippen molar-refractivity contribution in [2.24, 2.45) is 0 Å². The SMILES string of the molecule is COC(=O)[C@@]1(O)[C@H](C)O[C@H](O)[C@H]1O. The van der Waals surface area contributed by atoms with Crippen molar-refractivity contribution < 1.29 is 29.6 Å². The molecule has 76 valence electrons. The van der Waals surface area contributed by atoms with Gasteiger partial charge in [0.25, 0.3) is 0 Å². The zero-order valence-electron chi connectivity index (χ0n) is 7.30. The number of carbonyl (C=O) groups is 1. The van der Waals surface area contributed by atoms with Crippen LogP contribution in [-0.4, -0.2) is 52.5 Å². The molecule has 6 heteroatoms. The van der Waals surface area contributed by atoms with Crippen molar-refractivity contribution in [3.63, 3.8) is 0 Å². The van der Waals surface area contributed by atoms with E-state index in [1.54, 1.807) is 0 Å². The molecule has 6 nitrogen and oxygen atoms in total. The fraction of sp³-hybridized carbons (Fsp3) is 0.857. The molecule has 0 aromatic carbocycles. The van der Waals surface area contributed by atoms with Crippen LogP contribution in [0.5, 0.6) is 0 Å². The lowest BCUT2D eigenvalue weighted by Crippen LogP contribution is -2.54. The molecule has 0 bridgehead atoms. The predicted molar refractivity (Wildman–Crippen MR) is 39.5 cm³/mol. The molecule has 0 spiro atoms. The fourth-order valence-corrected chi connectivity index (χ4v) is 1.30. The molecule has 1 rings (SSSR count). The van der Waals surface area contributed by atoms with E-state index in [1.165, 1.54) is 6.92 Å². The Morgan fingerprint density at radius 2 is 2.08 bits per heavy atom. The van der Waals surface area contributed by atoms with E-state index >= 15 is 0 Å². The Labute approximate surface area is 74.7 Å². The predicted octanol–water partition coefficient (Wildman–Crippen LogP) is -2.01. The first-order valence-electron chi connectivity index (χ1n) is 3.77. The first kappa shape index (κ1) is 10.4. The third-order valence-corrected chi connectivity index (χ3v) is 2.20. The summed E-state index contributed by atoms with van der Waals surface area (Å²) in [5.41, 5.74) is -2.19. The minimum atomic E-state index is -2.19. The molecule has 1 heterocycles. The summed E-state index contributed by atoms with van der Waals surface area (Å²) in [6.07, 6.45) is -4.26. The Morgan fingerprint density at radius 3 is 2.38 bits per heavy atom. The van der Waals surface area contributed by atoms with E-state index < -0.39 is 30.1 Å². The van der Waals surface area contributed by atoms with Crippen LogP contribution in [-0.2, 0) is 14.3 Å². The lowest BCUT2D eigenvalue weighted by molar-refractivity contribution is -0.176. The average molecular weight is 192 g/mol. The maximum atomic E-state index is 11.1. The number of carbonyl (C=O) groups excluding carboxylic acids is 1. The highest BCUT2D eigenvalue weighted by atomic mass is 16.7. The van der Waals surface area contributed by atoms with Gasteiger partial charge in [-0.3, -0.25) is 0 Å². The number of esters is 1. The molecule has 1 aliphatic rings. The van der Waals surface area contributed by atoms with Crippen LogP contribution in [0.25, 0.3) is 0 Å². The summed E-state index contributed by atoms with van der Waals surface area (Å²) < 4.78 is 8.95. The molecule has 1 aliphatic heterocycles. The molecule has 13 heavy (non-hydrogen) atoms. The van der Waals surface area contributed by atoms with Crippen LogP contribution >= 0.6 is 0 Å². The number of rotatable bonds is 1. The number of ether oxygens (including phenoxy) is 2. The summed E-state index contributed by atoms with van der Waals surface area (Å²) in [6.45, 7) is 1.36. The van der Waals surface area contributed by atoms with Crippen LogP contribution in [0.3, 0.4) is 0 Å².